The molecule has 7 fully saturated rings. The number of H-pyrrole nitrogens is 2. The first kappa shape index (κ1) is 88.9. The van der Waals surface area contributed by atoms with E-state index in [1.165, 1.54) is 50.2 Å². The standard InChI is InChI=1S/C40H44N6O4.C39H46BN3O6.C7H10BrN3.2C5H10O2/c1-21(2)37(45-40(48)49-3)39(47)46-34-8-4-6-24(34)16-35(46)32-17-28-27-18-36-29(15-22(27)10-12-30(28)43-32)26-11-9-23(14-25(26)20-50-36)33-19-42-38(44-33)31-7-5-13-41-31;1-21(2)35(42-37(45)46-7)36(44)43-32-10-8-9-23(32)17-33(43)31-18-28-27-19-34-29(16-22(27)11-14-30(28)41-31)26-13-12-25(15-24(26)20-47-34)40-48-38(3,4)39(5,6)49-40;8-6-4-10-7(11-6)5-2-1-3-9-5;2*1-5(2,3)7-4-6/h9-12,14-15,18-19,21,24,31,34-35,37,41H,4-8,13,16-17,20H2,1-3H3,(H,42,44)(H,45,48);11-16,19,21,23,32-33,35H,8-10,17-18,20H2,1-7H3,(H,42,45);4-5,9H,1-3H2,(H,10,11);2*4H,1-3H3/t24-,31?,34-,35-,37-;23-,32-,33-,35-;;;/m00.../s1. The van der Waals surface area contributed by atoms with Crippen LogP contribution in [-0.4, -0.2) is 171 Å². The van der Waals surface area contributed by atoms with Crippen LogP contribution < -0.4 is 36.2 Å². The number of halogens is 1. The number of likely N-dealkylation sites (tertiary alicyclic amines) is 2. The molecule has 5 saturated heterocycles. The molecule has 9 aliphatic heterocycles. The van der Waals surface area contributed by atoms with E-state index in [2.05, 4.69) is 189 Å². The first-order valence-corrected chi connectivity index (χ1v) is 45.0. The Kier molecular flexibility index (Phi) is 26.2. The third kappa shape index (κ3) is 18.8. The lowest BCUT2D eigenvalue weighted by molar-refractivity contribution is -0.139. The molecule has 8 aromatic rings. The number of carbonyl (C=O) groups excluding carboxylic acids is 6. The number of nitrogens with one attached hydrogen (secondary N) is 6. The molecule has 4 amide bonds. The number of carbonyl (C=O) groups is 6. The summed E-state index contributed by atoms with van der Waals surface area (Å²) in [5, 5.41) is 17.1. The number of nitrogens with zero attached hydrogens (tertiary/aromatic N) is 6. The molecule has 124 heavy (non-hydrogen) atoms. The van der Waals surface area contributed by atoms with Crippen LogP contribution in [0.3, 0.4) is 0 Å². The minimum atomic E-state index is -0.654. The number of hydrogen-bond donors (Lipinski definition) is 6. The highest BCUT2D eigenvalue weighted by Gasteiger charge is 2.54. The smallest absolute Gasteiger partial charge is 0.488 e. The quantitative estimate of drug-likeness (QED) is 0.0335. The summed E-state index contributed by atoms with van der Waals surface area (Å²) in [5.41, 5.74) is 14.9. The minimum Gasteiger partial charge on any atom is -0.488 e. The number of aliphatic imine (C=N–C) groups is 2. The predicted octanol–water partition coefficient (Wildman–Crippen LogP) is 17.0. The molecule has 11 heterocycles. The van der Waals surface area contributed by atoms with E-state index in [1.807, 2.05) is 75.4 Å². The zero-order valence-corrected chi connectivity index (χ0v) is 76.0. The number of fused-ring (bicyclic) bond motifs is 14. The normalized spacial score (nSPS) is 22.9. The molecule has 0 radical (unpaired) electrons. The molecule has 2 aliphatic carbocycles. The van der Waals surface area contributed by atoms with Gasteiger partial charge in [-0.1, -0.05) is 83.0 Å². The second-order valence-electron chi connectivity index (χ2n) is 38.3. The molecule has 0 bridgehead atoms. The number of alkyl carbamates (subject to hydrolysis) is 2. The molecular formula is C96H120BBrN12O14. The molecule has 2 saturated carbocycles. The summed E-state index contributed by atoms with van der Waals surface area (Å²) in [7, 11) is 2.24. The lowest BCUT2D eigenvalue weighted by Crippen LogP contribution is -2.56. The molecule has 6 N–H and O–H groups in total. The monoisotopic (exact) mass is 1750 g/mol. The first-order chi connectivity index (χ1) is 59.2. The number of aromatic nitrogens is 4. The van der Waals surface area contributed by atoms with Gasteiger partial charge in [-0.3, -0.25) is 29.2 Å². The highest BCUT2D eigenvalue weighted by atomic mass is 79.9. The van der Waals surface area contributed by atoms with Gasteiger partial charge in [0.25, 0.3) is 12.9 Å². The number of rotatable bonds is 14. The van der Waals surface area contributed by atoms with Gasteiger partial charge in [0.15, 0.2) is 0 Å². The zero-order chi connectivity index (χ0) is 88.0. The molecule has 26 nitrogen and oxygen atoms in total. The van der Waals surface area contributed by atoms with E-state index in [9.17, 15) is 28.8 Å². The summed E-state index contributed by atoms with van der Waals surface area (Å²) in [6.07, 6.45) is 17.0. The highest BCUT2D eigenvalue weighted by molar-refractivity contribution is 9.10. The number of imidazole rings is 2. The van der Waals surface area contributed by atoms with E-state index < -0.39 is 42.6 Å². The third-order valence-electron chi connectivity index (χ3n) is 26.6. The summed E-state index contributed by atoms with van der Waals surface area (Å²) in [4.78, 5) is 102. The van der Waals surface area contributed by atoms with Crippen LogP contribution in [0.25, 0.3) is 55.1 Å². The Morgan fingerprint density at radius 3 is 1.44 bits per heavy atom. The van der Waals surface area contributed by atoms with Gasteiger partial charge in [0, 0.05) is 47.5 Å². The third-order valence-corrected chi connectivity index (χ3v) is 27.0. The van der Waals surface area contributed by atoms with Gasteiger partial charge in [0.05, 0.1) is 79.1 Å². The van der Waals surface area contributed by atoms with Crippen LogP contribution in [0.15, 0.2) is 112 Å². The largest absolute Gasteiger partial charge is 0.494 e. The van der Waals surface area contributed by atoms with Gasteiger partial charge in [0.2, 0.25) is 11.8 Å². The summed E-state index contributed by atoms with van der Waals surface area (Å²) in [5.74, 6) is 4.50. The Hall–Kier alpha value is -10.00. The molecule has 2 aromatic heterocycles. The average Bonchev–Trinajstić information content (AvgIpc) is 1.50. The van der Waals surface area contributed by atoms with Crippen molar-refractivity contribution >= 4 is 110 Å². The Labute approximate surface area is 735 Å². The second kappa shape index (κ2) is 36.5. The van der Waals surface area contributed by atoms with E-state index in [0.29, 0.717) is 62.9 Å². The Balaban J connectivity index is 0.000000150. The van der Waals surface area contributed by atoms with Crippen molar-refractivity contribution in [3.05, 3.63) is 136 Å². The van der Waals surface area contributed by atoms with Crippen molar-refractivity contribution in [1.82, 2.24) is 51.0 Å². The van der Waals surface area contributed by atoms with Gasteiger partial charge in [-0.2, -0.15) is 0 Å². The molecule has 2 unspecified atom stereocenters. The predicted molar refractivity (Wildman–Crippen MR) is 483 cm³/mol. The van der Waals surface area contributed by atoms with Crippen LogP contribution in [0.5, 0.6) is 11.5 Å². The van der Waals surface area contributed by atoms with Crippen molar-refractivity contribution in [2.45, 2.75) is 271 Å². The van der Waals surface area contributed by atoms with Crippen molar-refractivity contribution in [3.63, 3.8) is 0 Å². The van der Waals surface area contributed by atoms with Gasteiger partial charge >= 0.3 is 19.3 Å². The molecule has 11 aliphatic rings. The Morgan fingerprint density at radius 2 is 1.02 bits per heavy atom. The van der Waals surface area contributed by atoms with Gasteiger partial charge in [-0.15, -0.1) is 0 Å². The van der Waals surface area contributed by atoms with Gasteiger partial charge < -0.3 is 78.8 Å². The van der Waals surface area contributed by atoms with Gasteiger partial charge in [-0.25, -0.2) is 19.6 Å². The van der Waals surface area contributed by atoms with E-state index in [-0.39, 0.29) is 59.0 Å². The molecule has 10 atom stereocenters. The van der Waals surface area contributed by atoms with Crippen molar-refractivity contribution in [1.29, 1.82) is 0 Å². The SMILES string of the molecule is Brc1cnc(C2CCCN2)[nH]1.CC(C)(C)OC=O.CC(C)(C)OC=O.COC(=O)N[C@H](C(=O)N1[C@H](C2=Nc3ccc4cc5c(cc4c3C2)OCc2cc(-c3cnc(C4CCCN4)[nH]3)ccc2-5)C[C@@H]2CCC[C@@H]21)C(C)C.COC(=O)N[C@H](C(=O)N1[C@H](C2=Nc3ccc4cc5c(cc4c3C2)OCc2cc(B3OC(C)(C)C(C)(C)O3)ccc2-5)C[C@@H]2CCC[C@@H]21)C(C)C. The van der Waals surface area contributed by atoms with E-state index in [4.69, 9.17) is 38.2 Å². The van der Waals surface area contributed by atoms with Crippen LogP contribution in [0, 0.1) is 23.7 Å². The fourth-order valence-electron chi connectivity index (χ4n) is 19.6. The fourth-order valence-corrected chi connectivity index (χ4v) is 19.9. The summed E-state index contributed by atoms with van der Waals surface area (Å²) in [6.45, 7) is 31.1. The number of aromatic amines is 2. The lowest BCUT2D eigenvalue weighted by Gasteiger charge is -2.34. The number of benzene rings is 6. The summed E-state index contributed by atoms with van der Waals surface area (Å²) >= 11 is 3.33. The molecule has 19 rings (SSSR count). The minimum absolute atomic E-state index is 0.0311. The molecular weight excluding hydrogens is 1640 g/mol. The lowest BCUT2D eigenvalue weighted by atomic mass is 9.77. The number of methoxy groups -OCH3 is 2. The van der Waals surface area contributed by atoms with E-state index >= 15 is 0 Å². The Bertz CT molecular complexity index is 5370. The van der Waals surface area contributed by atoms with Crippen molar-refractivity contribution in [3.8, 4) is 45.0 Å². The molecule has 0 spiro atoms. The van der Waals surface area contributed by atoms with E-state index in [0.717, 1.165) is 188 Å². The number of hydrogen-bond acceptors (Lipinski definition) is 20. The molecule has 658 valence electrons. The van der Waals surface area contributed by atoms with Crippen molar-refractivity contribution < 1.29 is 66.5 Å². The second-order valence-corrected chi connectivity index (χ2v) is 39.1. The number of ether oxygens (including phenoxy) is 6. The van der Waals surface area contributed by atoms with Crippen molar-refractivity contribution in [2.75, 3.05) is 27.3 Å². The van der Waals surface area contributed by atoms with Gasteiger partial charge in [-0.05, 0) is 295 Å². The summed E-state index contributed by atoms with van der Waals surface area (Å²) < 4.78 is 45.3. The van der Waals surface area contributed by atoms with Crippen LogP contribution in [0.2, 0.25) is 0 Å². The van der Waals surface area contributed by atoms with Crippen molar-refractivity contribution in [2.24, 2.45) is 33.7 Å². The maximum Gasteiger partial charge on any atom is 0.494 e. The van der Waals surface area contributed by atoms with Crippen LogP contribution in [0.1, 0.15) is 220 Å². The maximum atomic E-state index is 14.2. The molecule has 28 heteroatoms. The van der Waals surface area contributed by atoms with E-state index in [1.54, 1.807) is 6.20 Å². The number of amides is 4. The fraction of sp³-hybridized carbons (Fsp3) is 0.521. The average molecular weight is 1760 g/mol. The topological polar surface area (TPSA) is 313 Å². The van der Waals surface area contributed by atoms with Crippen LogP contribution in [-0.2, 0) is 73.5 Å². The molecule has 6 aromatic carbocycles. The maximum absolute atomic E-state index is 14.2. The highest BCUT2D eigenvalue weighted by Crippen LogP contribution is 2.51. The van der Waals surface area contributed by atoms with Crippen LogP contribution in [0.4, 0.5) is 21.0 Å². The first-order valence-electron chi connectivity index (χ1n) is 44.2. The summed E-state index contributed by atoms with van der Waals surface area (Å²) in [6, 6.07) is 30.1. The van der Waals surface area contributed by atoms with Crippen LogP contribution >= 0.6 is 15.9 Å². The van der Waals surface area contributed by atoms with Gasteiger partial charge in [0.1, 0.15) is 64.3 Å². The Morgan fingerprint density at radius 1 is 0.565 bits per heavy atom. The zero-order valence-electron chi connectivity index (χ0n) is 74.4.